The first kappa shape index (κ1) is 13.1. The smallest absolute Gasteiger partial charge is 0.222 e. The van der Waals surface area contributed by atoms with Gasteiger partial charge < -0.3 is 10.6 Å². The van der Waals surface area contributed by atoms with Gasteiger partial charge in [0.1, 0.15) is 0 Å². The molecule has 1 heterocycles. The molecule has 0 radical (unpaired) electrons. The highest BCUT2D eigenvalue weighted by molar-refractivity contribution is 5.76. The van der Waals surface area contributed by atoms with E-state index >= 15 is 0 Å². The minimum atomic E-state index is 0.272. The summed E-state index contributed by atoms with van der Waals surface area (Å²) < 4.78 is 0. The molecule has 1 aliphatic rings. The monoisotopic (exact) mass is 246 g/mol. The van der Waals surface area contributed by atoms with Crippen molar-refractivity contribution >= 4 is 5.91 Å². The number of benzene rings is 1. The van der Waals surface area contributed by atoms with E-state index in [-0.39, 0.29) is 5.91 Å². The van der Waals surface area contributed by atoms with Crippen LogP contribution >= 0.6 is 0 Å². The van der Waals surface area contributed by atoms with E-state index in [1.165, 1.54) is 11.1 Å². The number of likely N-dealkylation sites (tertiary alicyclic amines) is 1. The number of hydrogen-bond donors (Lipinski definition) is 1. The van der Waals surface area contributed by atoms with E-state index < -0.39 is 0 Å². The van der Waals surface area contributed by atoms with Gasteiger partial charge in [-0.1, -0.05) is 24.3 Å². The summed E-state index contributed by atoms with van der Waals surface area (Å²) in [7, 11) is 0. The molecule has 1 aromatic rings. The lowest BCUT2D eigenvalue weighted by atomic mass is 10.0. The Morgan fingerprint density at radius 3 is 2.89 bits per heavy atom. The Morgan fingerprint density at radius 2 is 2.22 bits per heavy atom. The van der Waals surface area contributed by atoms with Crippen molar-refractivity contribution in [3.8, 4) is 0 Å². The van der Waals surface area contributed by atoms with Gasteiger partial charge in [-0.15, -0.1) is 0 Å². The van der Waals surface area contributed by atoms with Gasteiger partial charge in [0.25, 0.3) is 0 Å². The molecule has 2 N–H and O–H groups in total. The lowest BCUT2D eigenvalue weighted by Gasteiger charge is -2.16. The summed E-state index contributed by atoms with van der Waals surface area (Å²) >= 11 is 0. The van der Waals surface area contributed by atoms with Crippen LogP contribution in [0.3, 0.4) is 0 Å². The number of amides is 1. The van der Waals surface area contributed by atoms with Crippen molar-refractivity contribution < 1.29 is 4.79 Å². The zero-order valence-electron chi connectivity index (χ0n) is 11.1. The van der Waals surface area contributed by atoms with Crippen LogP contribution in [0.2, 0.25) is 0 Å². The third kappa shape index (κ3) is 3.10. The Balaban J connectivity index is 1.84. The van der Waals surface area contributed by atoms with Crippen LogP contribution in [0.1, 0.15) is 24.0 Å². The zero-order chi connectivity index (χ0) is 13.0. The number of carbonyl (C=O) groups is 1. The third-order valence-electron chi connectivity index (χ3n) is 3.84. The molecule has 1 fully saturated rings. The van der Waals surface area contributed by atoms with Gasteiger partial charge in [-0.2, -0.15) is 0 Å². The SMILES string of the molecule is Cc1ccccc1CCC(=O)N1CCC(CN)C1. The Labute approximate surface area is 109 Å². The largest absolute Gasteiger partial charge is 0.342 e. The average molecular weight is 246 g/mol. The lowest BCUT2D eigenvalue weighted by Crippen LogP contribution is -2.30. The third-order valence-corrected chi connectivity index (χ3v) is 3.84. The topological polar surface area (TPSA) is 46.3 Å². The van der Waals surface area contributed by atoms with Crippen LogP contribution in [-0.4, -0.2) is 30.4 Å². The van der Waals surface area contributed by atoms with E-state index in [9.17, 15) is 4.79 Å². The summed E-state index contributed by atoms with van der Waals surface area (Å²) in [6, 6.07) is 8.27. The fourth-order valence-electron chi connectivity index (χ4n) is 2.54. The maximum absolute atomic E-state index is 12.1. The molecule has 0 bridgehead atoms. The van der Waals surface area contributed by atoms with Gasteiger partial charge in [0.05, 0.1) is 0 Å². The number of hydrogen-bond acceptors (Lipinski definition) is 2. The molecule has 98 valence electrons. The molecule has 1 atom stereocenters. The zero-order valence-corrected chi connectivity index (χ0v) is 11.1. The molecular weight excluding hydrogens is 224 g/mol. The van der Waals surface area contributed by atoms with Crippen LogP contribution in [0, 0.1) is 12.8 Å². The summed E-state index contributed by atoms with van der Waals surface area (Å²) in [5, 5.41) is 0. The standard InChI is InChI=1S/C15H22N2O/c1-12-4-2-3-5-14(12)6-7-15(18)17-9-8-13(10-16)11-17/h2-5,13H,6-11,16H2,1H3. The van der Waals surface area contributed by atoms with E-state index in [2.05, 4.69) is 19.1 Å². The Morgan fingerprint density at radius 1 is 1.44 bits per heavy atom. The van der Waals surface area contributed by atoms with Crippen molar-refractivity contribution in [1.29, 1.82) is 0 Å². The molecule has 2 rings (SSSR count). The van der Waals surface area contributed by atoms with E-state index in [0.717, 1.165) is 25.9 Å². The summed E-state index contributed by atoms with van der Waals surface area (Å²) in [5.41, 5.74) is 8.19. The highest BCUT2D eigenvalue weighted by Gasteiger charge is 2.24. The second-order valence-electron chi connectivity index (χ2n) is 5.16. The Hall–Kier alpha value is -1.35. The molecule has 18 heavy (non-hydrogen) atoms. The number of aryl methyl sites for hydroxylation is 2. The molecule has 1 aliphatic heterocycles. The van der Waals surface area contributed by atoms with Gasteiger partial charge in [0.15, 0.2) is 0 Å². The molecule has 3 nitrogen and oxygen atoms in total. The van der Waals surface area contributed by atoms with Crippen LogP contribution in [-0.2, 0) is 11.2 Å². The van der Waals surface area contributed by atoms with Crippen molar-refractivity contribution in [3.05, 3.63) is 35.4 Å². The van der Waals surface area contributed by atoms with Crippen LogP contribution in [0.25, 0.3) is 0 Å². The van der Waals surface area contributed by atoms with Crippen molar-refractivity contribution in [2.75, 3.05) is 19.6 Å². The molecule has 0 saturated carbocycles. The van der Waals surface area contributed by atoms with Crippen molar-refractivity contribution in [3.63, 3.8) is 0 Å². The second-order valence-corrected chi connectivity index (χ2v) is 5.16. The highest BCUT2D eigenvalue weighted by atomic mass is 16.2. The number of nitrogens with two attached hydrogens (primary N) is 1. The first-order valence-corrected chi connectivity index (χ1v) is 6.73. The Kier molecular flexibility index (Phi) is 4.37. The van der Waals surface area contributed by atoms with E-state index in [4.69, 9.17) is 5.73 Å². The summed E-state index contributed by atoms with van der Waals surface area (Å²) in [5.74, 6) is 0.779. The first-order valence-electron chi connectivity index (χ1n) is 6.73. The maximum Gasteiger partial charge on any atom is 0.222 e. The minimum absolute atomic E-state index is 0.272. The highest BCUT2D eigenvalue weighted by Crippen LogP contribution is 2.17. The molecule has 1 amide bonds. The molecule has 0 aromatic heterocycles. The van der Waals surface area contributed by atoms with Gasteiger partial charge in [0, 0.05) is 19.5 Å². The van der Waals surface area contributed by atoms with Gasteiger partial charge in [-0.3, -0.25) is 4.79 Å². The Bertz CT molecular complexity index is 417. The van der Waals surface area contributed by atoms with Gasteiger partial charge >= 0.3 is 0 Å². The van der Waals surface area contributed by atoms with Crippen LogP contribution in [0.4, 0.5) is 0 Å². The summed E-state index contributed by atoms with van der Waals surface area (Å²) in [4.78, 5) is 14.0. The molecule has 1 unspecified atom stereocenters. The predicted octanol–water partition coefficient (Wildman–Crippen LogP) is 1.73. The van der Waals surface area contributed by atoms with Gasteiger partial charge in [-0.05, 0) is 43.4 Å². The fraction of sp³-hybridized carbons (Fsp3) is 0.533. The maximum atomic E-state index is 12.1. The molecule has 0 aliphatic carbocycles. The molecule has 0 spiro atoms. The normalized spacial score (nSPS) is 19.2. The minimum Gasteiger partial charge on any atom is -0.342 e. The lowest BCUT2D eigenvalue weighted by molar-refractivity contribution is -0.130. The van der Waals surface area contributed by atoms with E-state index in [1.807, 2.05) is 17.0 Å². The predicted molar refractivity (Wildman–Crippen MR) is 73.2 cm³/mol. The molecule has 3 heteroatoms. The van der Waals surface area contributed by atoms with Crippen LogP contribution in [0.15, 0.2) is 24.3 Å². The summed E-state index contributed by atoms with van der Waals surface area (Å²) in [6.07, 6.45) is 2.52. The van der Waals surface area contributed by atoms with Crippen LogP contribution in [0.5, 0.6) is 0 Å². The molecular formula is C15H22N2O. The van der Waals surface area contributed by atoms with E-state index in [1.54, 1.807) is 0 Å². The van der Waals surface area contributed by atoms with Gasteiger partial charge in [0.2, 0.25) is 5.91 Å². The van der Waals surface area contributed by atoms with Crippen molar-refractivity contribution in [1.82, 2.24) is 4.90 Å². The second kappa shape index (κ2) is 6.01. The van der Waals surface area contributed by atoms with Crippen molar-refractivity contribution in [2.24, 2.45) is 11.7 Å². The quantitative estimate of drug-likeness (QED) is 0.879. The van der Waals surface area contributed by atoms with Crippen LogP contribution < -0.4 is 5.73 Å². The van der Waals surface area contributed by atoms with Crippen molar-refractivity contribution in [2.45, 2.75) is 26.2 Å². The van der Waals surface area contributed by atoms with E-state index in [0.29, 0.717) is 18.9 Å². The summed E-state index contributed by atoms with van der Waals surface area (Å²) in [6.45, 7) is 4.53. The fourth-order valence-corrected chi connectivity index (χ4v) is 2.54. The molecule has 1 saturated heterocycles. The number of carbonyl (C=O) groups excluding carboxylic acids is 1. The van der Waals surface area contributed by atoms with Gasteiger partial charge in [-0.25, -0.2) is 0 Å². The molecule has 1 aromatic carbocycles. The first-order chi connectivity index (χ1) is 8.70. The number of nitrogens with zero attached hydrogens (tertiary/aromatic N) is 1. The number of rotatable bonds is 4. The average Bonchev–Trinajstić information content (AvgIpc) is 2.86.